The minimum atomic E-state index is -0.454. The first kappa shape index (κ1) is 20.7. The molecule has 0 aliphatic carbocycles. The van der Waals surface area contributed by atoms with E-state index in [1.807, 2.05) is 18.2 Å². The summed E-state index contributed by atoms with van der Waals surface area (Å²) in [6.07, 6.45) is 2.39. The normalized spacial score (nSPS) is 17.2. The number of hydrogen-bond acceptors (Lipinski definition) is 7. The number of hydrogen-bond donors (Lipinski definition) is 2. The van der Waals surface area contributed by atoms with Crippen LogP contribution < -0.4 is 0 Å². The van der Waals surface area contributed by atoms with Crippen molar-refractivity contribution < 1.29 is 14.9 Å². The number of aromatic amines is 1. The lowest BCUT2D eigenvalue weighted by Crippen LogP contribution is -2.23. The summed E-state index contributed by atoms with van der Waals surface area (Å²) in [5, 5.41) is 27.1. The van der Waals surface area contributed by atoms with Crippen LogP contribution in [0.2, 0.25) is 0 Å². The summed E-state index contributed by atoms with van der Waals surface area (Å²) in [6.45, 7) is 3.27. The Hall–Kier alpha value is -3.24. The summed E-state index contributed by atoms with van der Waals surface area (Å²) < 4.78 is 0.865. The third-order valence-corrected chi connectivity index (χ3v) is 6.23. The lowest BCUT2D eigenvalue weighted by molar-refractivity contribution is -0.384. The highest BCUT2D eigenvalue weighted by atomic mass is 79.9. The van der Waals surface area contributed by atoms with Crippen molar-refractivity contribution in [3.8, 4) is 5.88 Å². The number of nitro groups is 1. The van der Waals surface area contributed by atoms with Crippen LogP contribution in [0.1, 0.15) is 24.0 Å². The van der Waals surface area contributed by atoms with E-state index in [4.69, 9.17) is 4.84 Å². The number of aliphatic imine (C=N–C) groups is 1. The third kappa shape index (κ3) is 3.76. The largest absolute Gasteiger partial charge is 0.494 e. The van der Waals surface area contributed by atoms with Gasteiger partial charge in [-0.05, 0) is 44.1 Å². The number of rotatable bonds is 6. The van der Waals surface area contributed by atoms with Crippen LogP contribution in [0.5, 0.6) is 5.88 Å². The predicted molar refractivity (Wildman–Crippen MR) is 125 cm³/mol. The summed E-state index contributed by atoms with van der Waals surface area (Å²) in [4.78, 5) is 26.4. The van der Waals surface area contributed by atoms with Crippen LogP contribution in [0.15, 0.2) is 51.0 Å². The molecule has 0 saturated carbocycles. The lowest BCUT2D eigenvalue weighted by Gasteiger charge is -2.13. The topological polar surface area (TPSA) is 116 Å². The molecule has 3 heterocycles. The molecule has 0 radical (unpaired) electrons. The van der Waals surface area contributed by atoms with Gasteiger partial charge in [0, 0.05) is 34.1 Å². The highest BCUT2D eigenvalue weighted by molar-refractivity contribution is 9.10. The van der Waals surface area contributed by atoms with Crippen molar-refractivity contribution in [1.29, 1.82) is 0 Å². The maximum Gasteiger partial charge on any atom is 0.270 e. The van der Waals surface area contributed by atoms with Gasteiger partial charge < -0.3 is 14.9 Å². The maximum atomic E-state index is 11.3. The van der Waals surface area contributed by atoms with Gasteiger partial charge >= 0.3 is 0 Å². The number of aromatic hydroxyl groups is 1. The number of likely N-dealkylation sites (tertiary alicyclic amines) is 1. The molecule has 2 aliphatic heterocycles. The van der Waals surface area contributed by atoms with E-state index in [-0.39, 0.29) is 11.6 Å². The molecule has 1 saturated heterocycles. The first-order chi connectivity index (χ1) is 15.5. The molecule has 5 rings (SSSR count). The standard InChI is InChI=1S/C22H20BrN5O4/c23-13-3-5-15-18(11-13)25-22(29)19(15)21-20(26-32-10-9-27-7-1-2-8-27)16-12-14(28(30)31)4-6-17(16)24-21/h3-6,11-12,25,29H,1-2,7-10H2/b26-20+. The van der Waals surface area contributed by atoms with E-state index < -0.39 is 4.92 Å². The van der Waals surface area contributed by atoms with Gasteiger partial charge in [0.1, 0.15) is 18.0 Å². The Labute approximate surface area is 191 Å². The van der Waals surface area contributed by atoms with Crippen LogP contribution in [0, 0.1) is 10.1 Å². The number of nitrogens with zero attached hydrogens (tertiary/aromatic N) is 4. The number of aromatic nitrogens is 1. The number of benzene rings is 2. The number of oxime groups is 1. The van der Waals surface area contributed by atoms with Crippen LogP contribution in [0.3, 0.4) is 0 Å². The number of fused-ring (bicyclic) bond motifs is 2. The second kappa shape index (κ2) is 8.36. The minimum Gasteiger partial charge on any atom is -0.494 e. The SMILES string of the molecule is O=[N+]([O-])c1ccc2c(c1)/C(=N\OCCN1CCCC1)C(c1c(O)[nH]c3cc(Br)ccc13)=N2. The second-order valence-electron chi connectivity index (χ2n) is 7.78. The van der Waals surface area contributed by atoms with Crippen LogP contribution >= 0.6 is 15.9 Å². The van der Waals surface area contributed by atoms with Gasteiger partial charge in [0.15, 0.2) is 5.88 Å². The molecular weight excluding hydrogens is 478 g/mol. The zero-order chi connectivity index (χ0) is 22.2. The molecule has 0 amide bonds. The van der Waals surface area contributed by atoms with E-state index in [1.165, 1.54) is 25.0 Å². The lowest BCUT2D eigenvalue weighted by atomic mass is 10.0. The van der Waals surface area contributed by atoms with Crippen LogP contribution in [-0.2, 0) is 4.84 Å². The van der Waals surface area contributed by atoms with E-state index in [9.17, 15) is 15.2 Å². The average molecular weight is 498 g/mol. The first-order valence-electron chi connectivity index (χ1n) is 10.3. The quantitative estimate of drug-likeness (QED) is 0.295. The van der Waals surface area contributed by atoms with Crippen LogP contribution in [-0.4, -0.2) is 57.6 Å². The zero-order valence-electron chi connectivity index (χ0n) is 17.0. The van der Waals surface area contributed by atoms with Crippen molar-refractivity contribution in [2.45, 2.75) is 12.8 Å². The number of nitrogens with one attached hydrogen (secondary N) is 1. The monoisotopic (exact) mass is 497 g/mol. The molecule has 3 aromatic rings. The van der Waals surface area contributed by atoms with E-state index >= 15 is 0 Å². The molecule has 2 N–H and O–H groups in total. The van der Waals surface area contributed by atoms with Gasteiger partial charge in [0.05, 0.1) is 21.7 Å². The molecule has 164 valence electrons. The van der Waals surface area contributed by atoms with Crippen molar-refractivity contribution in [2.75, 3.05) is 26.2 Å². The van der Waals surface area contributed by atoms with Crippen molar-refractivity contribution >= 4 is 49.6 Å². The molecule has 0 spiro atoms. The Morgan fingerprint density at radius 2 is 2.06 bits per heavy atom. The smallest absolute Gasteiger partial charge is 0.270 e. The Morgan fingerprint density at radius 3 is 2.84 bits per heavy atom. The van der Waals surface area contributed by atoms with Crippen molar-refractivity contribution in [1.82, 2.24) is 9.88 Å². The van der Waals surface area contributed by atoms with Crippen LogP contribution in [0.4, 0.5) is 11.4 Å². The molecule has 1 fully saturated rings. The van der Waals surface area contributed by atoms with Crippen LogP contribution in [0.25, 0.3) is 10.9 Å². The summed E-state index contributed by atoms with van der Waals surface area (Å²) in [5.41, 5.74) is 2.97. The van der Waals surface area contributed by atoms with Gasteiger partial charge in [-0.1, -0.05) is 27.2 Å². The minimum absolute atomic E-state index is 0.0519. The molecule has 9 nitrogen and oxygen atoms in total. The molecule has 1 aromatic heterocycles. The highest BCUT2D eigenvalue weighted by Gasteiger charge is 2.31. The van der Waals surface area contributed by atoms with Gasteiger partial charge in [-0.2, -0.15) is 0 Å². The van der Waals surface area contributed by atoms with Crippen molar-refractivity contribution in [3.63, 3.8) is 0 Å². The molecule has 10 heteroatoms. The van der Waals surface area contributed by atoms with E-state index in [1.54, 1.807) is 6.07 Å². The molecular formula is C22H20BrN5O4. The second-order valence-corrected chi connectivity index (χ2v) is 8.70. The van der Waals surface area contributed by atoms with Gasteiger partial charge in [0.25, 0.3) is 5.69 Å². The van der Waals surface area contributed by atoms with Gasteiger partial charge in [-0.3, -0.25) is 15.0 Å². The van der Waals surface area contributed by atoms with E-state index in [0.29, 0.717) is 34.8 Å². The van der Waals surface area contributed by atoms with Crippen molar-refractivity contribution in [2.24, 2.45) is 10.1 Å². The summed E-state index contributed by atoms with van der Waals surface area (Å²) in [7, 11) is 0. The number of H-pyrrole nitrogens is 1. The summed E-state index contributed by atoms with van der Waals surface area (Å²) in [5.74, 6) is -0.0519. The first-order valence-corrected chi connectivity index (χ1v) is 11.1. The molecule has 0 unspecified atom stereocenters. The van der Waals surface area contributed by atoms with Gasteiger partial charge in [-0.25, -0.2) is 4.99 Å². The predicted octanol–water partition coefficient (Wildman–Crippen LogP) is 4.50. The fraction of sp³-hybridized carbons (Fsp3) is 0.273. The Balaban J connectivity index is 1.54. The van der Waals surface area contributed by atoms with Crippen molar-refractivity contribution in [3.05, 3.63) is 62.1 Å². The average Bonchev–Trinajstić information content (AvgIpc) is 3.47. The molecule has 0 atom stereocenters. The molecule has 2 aliphatic rings. The summed E-state index contributed by atoms with van der Waals surface area (Å²) >= 11 is 3.43. The summed E-state index contributed by atoms with van der Waals surface area (Å²) in [6, 6.07) is 10.0. The number of nitro benzene ring substituents is 1. The van der Waals surface area contributed by atoms with Gasteiger partial charge in [0.2, 0.25) is 0 Å². The van der Waals surface area contributed by atoms with Gasteiger partial charge in [-0.15, -0.1) is 0 Å². The molecule has 0 bridgehead atoms. The molecule has 2 aromatic carbocycles. The molecule has 32 heavy (non-hydrogen) atoms. The van der Waals surface area contributed by atoms with E-state index in [2.05, 4.69) is 36.0 Å². The third-order valence-electron chi connectivity index (χ3n) is 5.73. The Bertz CT molecular complexity index is 1280. The van der Waals surface area contributed by atoms with E-state index in [0.717, 1.165) is 35.0 Å². The number of halogens is 1. The fourth-order valence-electron chi connectivity index (χ4n) is 4.17. The number of non-ortho nitro benzene ring substituents is 1. The zero-order valence-corrected chi connectivity index (χ0v) is 18.6. The maximum absolute atomic E-state index is 11.3. The Kier molecular flexibility index (Phi) is 5.40. The Morgan fingerprint density at radius 1 is 1.25 bits per heavy atom. The highest BCUT2D eigenvalue weighted by Crippen LogP contribution is 2.37. The fourth-order valence-corrected chi connectivity index (χ4v) is 4.54.